The minimum absolute atomic E-state index is 0.0101. The van der Waals surface area contributed by atoms with E-state index in [1.807, 2.05) is 24.0 Å². The maximum atomic E-state index is 13.2. The molecule has 1 unspecified atom stereocenters. The van der Waals surface area contributed by atoms with Gasteiger partial charge >= 0.3 is 0 Å². The van der Waals surface area contributed by atoms with Crippen LogP contribution in [0.5, 0.6) is 0 Å². The van der Waals surface area contributed by atoms with E-state index in [2.05, 4.69) is 10.3 Å². The van der Waals surface area contributed by atoms with Crippen molar-refractivity contribution in [1.29, 1.82) is 0 Å². The first-order valence-corrected chi connectivity index (χ1v) is 12.3. The molecule has 0 radical (unpaired) electrons. The Balaban J connectivity index is 1.42. The minimum Gasteiger partial charge on any atom is -0.353 e. The van der Waals surface area contributed by atoms with Crippen molar-refractivity contribution in [2.24, 2.45) is 5.92 Å². The number of thiophene rings is 1. The fourth-order valence-corrected chi connectivity index (χ4v) is 6.35. The summed E-state index contributed by atoms with van der Waals surface area (Å²) < 4.78 is 0.712. The molecular weight excluding hydrogens is 426 g/mol. The molecule has 29 heavy (non-hydrogen) atoms. The number of piperidine rings is 1. The number of halogens is 1. The molecule has 4 rings (SSSR count). The van der Waals surface area contributed by atoms with Crippen LogP contribution in [0.15, 0.2) is 12.1 Å². The van der Waals surface area contributed by atoms with Gasteiger partial charge in [-0.1, -0.05) is 30.9 Å². The summed E-state index contributed by atoms with van der Waals surface area (Å²) >= 11 is 8.92. The number of hydrogen-bond donors (Lipinski definition) is 1. The topological polar surface area (TPSA) is 62.3 Å². The lowest BCUT2D eigenvalue weighted by molar-refractivity contribution is -0.127. The van der Waals surface area contributed by atoms with E-state index in [4.69, 9.17) is 11.6 Å². The van der Waals surface area contributed by atoms with Crippen LogP contribution in [0.25, 0.3) is 9.88 Å². The normalized spacial score (nSPS) is 20.6. The maximum Gasteiger partial charge on any atom is 0.265 e. The van der Waals surface area contributed by atoms with Crippen molar-refractivity contribution in [3.63, 3.8) is 0 Å². The quantitative estimate of drug-likeness (QED) is 0.700. The van der Waals surface area contributed by atoms with Crippen LogP contribution in [-0.2, 0) is 4.79 Å². The summed E-state index contributed by atoms with van der Waals surface area (Å²) in [5, 5.41) is 4.05. The number of amides is 2. The molecule has 2 amide bonds. The molecule has 1 saturated carbocycles. The fraction of sp³-hybridized carbons (Fsp3) is 0.571. The lowest BCUT2D eigenvalue weighted by Gasteiger charge is -2.33. The zero-order valence-corrected chi connectivity index (χ0v) is 19.0. The predicted molar refractivity (Wildman–Crippen MR) is 119 cm³/mol. The number of rotatable bonds is 4. The van der Waals surface area contributed by atoms with Crippen molar-refractivity contribution in [2.75, 3.05) is 13.1 Å². The molecule has 0 spiro atoms. The number of carbonyl (C=O) groups is 2. The van der Waals surface area contributed by atoms with Crippen molar-refractivity contribution >= 4 is 46.1 Å². The summed E-state index contributed by atoms with van der Waals surface area (Å²) in [5.41, 5.74) is 0.744. The monoisotopic (exact) mass is 451 g/mol. The molecule has 3 heterocycles. The Bertz CT molecular complexity index is 888. The van der Waals surface area contributed by atoms with Gasteiger partial charge in [-0.3, -0.25) is 9.59 Å². The predicted octanol–water partition coefficient (Wildman–Crippen LogP) is 5.13. The van der Waals surface area contributed by atoms with Gasteiger partial charge in [0.2, 0.25) is 5.91 Å². The van der Waals surface area contributed by atoms with Crippen LogP contribution in [0.3, 0.4) is 0 Å². The van der Waals surface area contributed by atoms with Crippen LogP contribution in [0, 0.1) is 12.8 Å². The number of nitrogens with one attached hydrogen (secondary N) is 1. The van der Waals surface area contributed by atoms with E-state index in [-0.39, 0.29) is 17.7 Å². The second kappa shape index (κ2) is 9.14. The summed E-state index contributed by atoms with van der Waals surface area (Å²) in [4.78, 5) is 34.0. The molecule has 1 saturated heterocycles. The van der Waals surface area contributed by atoms with Crippen molar-refractivity contribution < 1.29 is 9.59 Å². The molecule has 2 aromatic heterocycles. The molecule has 1 aliphatic carbocycles. The summed E-state index contributed by atoms with van der Waals surface area (Å²) in [6.45, 7) is 3.07. The summed E-state index contributed by atoms with van der Waals surface area (Å²) in [6.07, 6.45) is 7.54. The molecule has 2 aliphatic rings. The van der Waals surface area contributed by atoms with Crippen molar-refractivity contribution in [3.05, 3.63) is 27.0 Å². The van der Waals surface area contributed by atoms with E-state index in [0.717, 1.165) is 41.3 Å². The first-order chi connectivity index (χ1) is 14.0. The van der Waals surface area contributed by atoms with Crippen LogP contribution >= 0.6 is 34.3 Å². The number of hydrogen-bond acceptors (Lipinski definition) is 5. The highest BCUT2D eigenvalue weighted by atomic mass is 35.5. The second-order valence-electron chi connectivity index (χ2n) is 7.97. The Morgan fingerprint density at radius 2 is 1.93 bits per heavy atom. The number of likely N-dealkylation sites (tertiary alicyclic amines) is 1. The number of nitrogens with zero attached hydrogens (tertiary/aromatic N) is 2. The van der Waals surface area contributed by atoms with E-state index in [1.54, 1.807) is 0 Å². The zero-order chi connectivity index (χ0) is 20.4. The van der Waals surface area contributed by atoms with Crippen LogP contribution in [-0.4, -0.2) is 40.8 Å². The Hall–Kier alpha value is -1.44. The lowest BCUT2D eigenvalue weighted by atomic mass is 9.93. The molecule has 1 N–H and O–H groups in total. The molecule has 2 aromatic rings. The molecular formula is C21H26ClN3O2S2. The third-order valence-electron chi connectivity index (χ3n) is 5.81. The third-order valence-corrected chi connectivity index (χ3v) is 8.35. The standard InChI is InChI=1S/C21H26ClN3O2S2/c1-13-18(29-20(23-13)16-9-10-17(22)28-16)21(27)25-11-5-6-14(12-25)19(26)24-15-7-3-2-4-8-15/h9-10,14-15H,2-8,11-12H2,1H3,(H,24,26). The van der Waals surface area contributed by atoms with Gasteiger partial charge in [-0.2, -0.15) is 0 Å². The average molecular weight is 452 g/mol. The van der Waals surface area contributed by atoms with Crippen LogP contribution in [0.1, 0.15) is 60.3 Å². The van der Waals surface area contributed by atoms with Crippen LogP contribution < -0.4 is 5.32 Å². The number of thiazole rings is 1. The third kappa shape index (κ3) is 4.84. The summed E-state index contributed by atoms with van der Waals surface area (Å²) in [6, 6.07) is 4.10. The zero-order valence-electron chi connectivity index (χ0n) is 16.6. The molecule has 5 nitrogen and oxygen atoms in total. The van der Waals surface area contributed by atoms with Crippen LogP contribution in [0.2, 0.25) is 4.34 Å². The van der Waals surface area contributed by atoms with Gasteiger partial charge < -0.3 is 10.2 Å². The van der Waals surface area contributed by atoms with Crippen molar-refractivity contribution in [3.8, 4) is 9.88 Å². The molecule has 0 bridgehead atoms. The van der Waals surface area contributed by atoms with Crippen molar-refractivity contribution in [2.45, 2.75) is 57.9 Å². The van der Waals surface area contributed by atoms with E-state index >= 15 is 0 Å². The highest BCUT2D eigenvalue weighted by Crippen LogP contribution is 2.35. The van der Waals surface area contributed by atoms with Gasteiger partial charge in [0, 0.05) is 19.1 Å². The van der Waals surface area contributed by atoms with E-state index in [0.29, 0.717) is 28.3 Å². The number of aromatic nitrogens is 1. The average Bonchev–Trinajstić information content (AvgIpc) is 3.34. The Labute approximate surface area is 184 Å². The first-order valence-electron chi connectivity index (χ1n) is 10.3. The second-order valence-corrected chi connectivity index (χ2v) is 10.7. The Morgan fingerprint density at radius 1 is 1.14 bits per heavy atom. The van der Waals surface area contributed by atoms with Gasteiger partial charge in [-0.15, -0.1) is 22.7 Å². The number of carbonyl (C=O) groups excluding carboxylic acids is 2. The van der Waals surface area contributed by atoms with Gasteiger partial charge in [-0.05, 0) is 44.7 Å². The van der Waals surface area contributed by atoms with E-state index < -0.39 is 0 Å². The summed E-state index contributed by atoms with van der Waals surface area (Å²) in [5.74, 6) is -0.00756. The summed E-state index contributed by atoms with van der Waals surface area (Å²) in [7, 11) is 0. The smallest absolute Gasteiger partial charge is 0.265 e. The highest BCUT2D eigenvalue weighted by molar-refractivity contribution is 7.24. The molecule has 156 valence electrons. The fourth-order valence-electron chi connectivity index (χ4n) is 4.21. The SMILES string of the molecule is Cc1nc(-c2ccc(Cl)s2)sc1C(=O)N1CCCC(C(=O)NC2CCCCC2)C1. The van der Waals surface area contributed by atoms with Crippen molar-refractivity contribution in [1.82, 2.24) is 15.2 Å². The maximum absolute atomic E-state index is 13.2. The molecule has 2 fully saturated rings. The Kier molecular flexibility index (Phi) is 6.56. The van der Waals surface area contributed by atoms with Gasteiger partial charge in [0.1, 0.15) is 9.88 Å². The van der Waals surface area contributed by atoms with E-state index in [9.17, 15) is 9.59 Å². The number of aryl methyl sites for hydroxylation is 1. The largest absolute Gasteiger partial charge is 0.353 e. The van der Waals surface area contributed by atoms with Gasteiger partial charge in [-0.25, -0.2) is 4.98 Å². The van der Waals surface area contributed by atoms with Gasteiger partial charge in [0.25, 0.3) is 5.91 Å². The first kappa shape index (κ1) is 20.8. The molecule has 1 aliphatic heterocycles. The Morgan fingerprint density at radius 3 is 2.66 bits per heavy atom. The highest BCUT2D eigenvalue weighted by Gasteiger charge is 2.31. The molecule has 1 atom stereocenters. The van der Waals surface area contributed by atoms with Crippen LogP contribution in [0.4, 0.5) is 0 Å². The lowest BCUT2D eigenvalue weighted by Crippen LogP contribution is -2.47. The molecule has 0 aromatic carbocycles. The van der Waals surface area contributed by atoms with Gasteiger partial charge in [0.15, 0.2) is 0 Å². The molecule has 8 heteroatoms. The minimum atomic E-state index is -0.113. The van der Waals surface area contributed by atoms with E-state index in [1.165, 1.54) is 41.9 Å². The van der Waals surface area contributed by atoms with Gasteiger partial charge in [0.05, 0.1) is 20.8 Å².